The summed E-state index contributed by atoms with van der Waals surface area (Å²) in [5.41, 5.74) is 3.02. The van der Waals surface area contributed by atoms with Crippen LogP contribution in [0, 0.1) is 13.8 Å². The molecule has 0 bridgehead atoms. The van der Waals surface area contributed by atoms with Crippen LogP contribution < -0.4 is 10.6 Å². The molecule has 0 saturated heterocycles. The van der Waals surface area contributed by atoms with E-state index in [4.69, 9.17) is 4.52 Å². The maximum atomic E-state index is 5.17. The second kappa shape index (κ2) is 7.61. The summed E-state index contributed by atoms with van der Waals surface area (Å²) in [7, 11) is 1.74. The molecule has 0 aromatic carbocycles. The van der Waals surface area contributed by atoms with Crippen LogP contribution in [0.25, 0.3) is 5.82 Å². The number of aromatic nitrogens is 4. The lowest BCUT2D eigenvalue weighted by Gasteiger charge is -2.12. The summed E-state index contributed by atoms with van der Waals surface area (Å²) in [5, 5.41) is 14.7. The molecule has 0 fully saturated rings. The van der Waals surface area contributed by atoms with Crippen molar-refractivity contribution in [2.24, 2.45) is 4.99 Å². The average Bonchev–Trinajstić information content (AvgIpc) is 3.27. The first kappa shape index (κ1) is 16.7. The highest BCUT2D eigenvalue weighted by Crippen LogP contribution is 2.11. The lowest BCUT2D eigenvalue weighted by atomic mass is 10.2. The van der Waals surface area contributed by atoms with Gasteiger partial charge in [0.05, 0.1) is 5.69 Å². The van der Waals surface area contributed by atoms with E-state index < -0.39 is 0 Å². The van der Waals surface area contributed by atoms with Gasteiger partial charge in [-0.3, -0.25) is 4.99 Å². The van der Waals surface area contributed by atoms with Gasteiger partial charge in [-0.15, -0.1) is 0 Å². The van der Waals surface area contributed by atoms with Gasteiger partial charge in [0, 0.05) is 44.3 Å². The Kier molecular flexibility index (Phi) is 5.08. The number of guanidine groups is 1. The van der Waals surface area contributed by atoms with E-state index in [1.54, 1.807) is 24.1 Å². The second-order valence-corrected chi connectivity index (χ2v) is 5.55. The van der Waals surface area contributed by atoms with Crippen LogP contribution in [-0.4, -0.2) is 32.9 Å². The second-order valence-electron chi connectivity index (χ2n) is 5.55. The number of nitrogens with zero attached hydrogens (tertiary/aromatic N) is 5. The van der Waals surface area contributed by atoms with Gasteiger partial charge < -0.3 is 15.2 Å². The number of hydrogen-bond acceptors (Lipinski definition) is 5. The highest BCUT2D eigenvalue weighted by atomic mass is 16.5. The van der Waals surface area contributed by atoms with Crippen LogP contribution in [-0.2, 0) is 13.1 Å². The smallest absolute Gasteiger partial charge is 0.191 e. The van der Waals surface area contributed by atoms with Crippen LogP contribution in [0.4, 0.5) is 0 Å². The van der Waals surface area contributed by atoms with Crippen molar-refractivity contribution in [3.8, 4) is 5.82 Å². The lowest BCUT2D eigenvalue weighted by Crippen LogP contribution is -2.36. The van der Waals surface area contributed by atoms with Crippen LogP contribution in [0.2, 0.25) is 0 Å². The average molecular weight is 339 g/mol. The third-order valence-electron chi connectivity index (χ3n) is 3.85. The van der Waals surface area contributed by atoms with Gasteiger partial charge in [-0.25, -0.2) is 9.67 Å². The van der Waals surface area contributed by atoms with Crippen molar-refractivity contribution < 1.29 is 4.52 Å². The largest absolute Gasteiger partial charge is 0.361 e. The topological polar surface area (TPSA) is 93.2 Å². The molecule has 130 valence electrons. The van der Waals surface area contributed by atoms with Gasteiger partial charge in [-0.1, -0.05) is 5.16 Å². The van der Waals surface area contributed by atoms with Crippen molar-refractivity contribution in [2.75, 3.05) is 7.05 Å². The maximum Gasteiger partial charge on any atom is 0.191 e. The van der Waals surface area contributed by atoms with Gasteiger partial charge in [0.1, 0.15) is 5.76 Å². The van der Waals surface area contributed by atoms with Crippen LogP contribution >= 0.6 is 0 Å². The fraction of sp³-hybridized carbons (Fsp3) is 0.294. The van der Waals surface area contributed by atoms with Gasteiger partial charge >= 0.3 is 0 Å². The van der Waals surface area contributed by atoms with Crippen molar-refractivity contribution in [1.82, 2.24) is 30.6 Å². The molecule has 0 radical (unpaired) electrons. The summed E-state index contributed by atoms with van der Waals surface area (Å²) in [6, 6.07) is 5.82. The zero-order valence-electron chi connectivity index (χ0n) is 14.5. The van der Waals surface area contributed by atoms with Gasteiger partial charge in [-0.2, -0.15) is 5.10 Å². The fourth-order valence-electron chi connectivity index (χ4n) is 2.43. The predicted octanol–water partition coefficient (Wildman–Crippen LogP) is 1.74. The summed E-state index contributed by atoms with van der Waals surface area (Å²) in [6.45, 7) is 5.06. The van der Waals surface area contributed by atoms with E-state index in [-0.39, 0.29) is 0 Å². The molecule has 0 amide bonds. The summed E-state index contributed by atoms with van der Waals surface area (Å²) in [4.78, 5) is 8.57. The van der Waals surface area contributed by atoms with E-state index in [1.165, 1.54) is 0 Å². The third-order valence-corrected chi connectivity index (χ3v) is 3.85. The van der Waals surface area contributed by atoms with E-state index >= 15 is 0 Å². The van der Waals surface area contributed by atoms with E-state index in [1.807, 2.05) is 38.2 Å². The minimum Gasteiger partial charge on any atom is -0.361 e. The molecule has 3 heterocycles. The summed E-state index contributed by atoms with van der Waals surface area (Å²) >= 11 is 0. The Morgan fingerprint density at radius 2 is 2.08 bits per heavy atom. The Balaban J connectivity index is 1.59. The molecule has 0 atom stereocenters. The van der Waals surface area contributed by atoms with Gasteiger partial charge in [-0.05, 0) is 37.6 Å². The lowest BCUT2D eigenvalue weighted by molar-refractivity contribution is 0.392. The zero-order valence-corrected chi connectivity index (χ0v) is 14.5. The van der Waals surface area contributed by atoms with E-state index in [2.05, 4.69) is 30.9 Å². The molecule has 3 aromatic rings. The molecule has 0 unspecified atom stereocenters. The Morgan fingerprint density at radius 1 is 1.24 bits per heavy atom. The number of nitrogens with one attached hydrogen (secondary N) is 2. The third kappa shape index (κ3) is 4.03. The first-order chi connectivity index (χ1) is 12.2. The van der Waals surface area contributed by atoms with Crippen molar-refractivity contribution >= 4 is 5.96 Å². The van der Waals surface area contributed by atoms with Gasteiger partial charge in [0.15, 0.2) is 11.8 Å². The van der Waals surface area contributed by atoms with Gasteiger partial charge in [0.25, 0.3) is 0 Å². The first-order valence-electron chi connectivity index (χ1n) is 7.98. The monoisotopic (exact) mass is 339 g/mol. The SMILES string of the molecule is CN=C(NCc1ccnc(-n2cccn2)c1)NCc1c(C)noc1C. The molecule has 3 aromatic heterocycles. The maximum absolute atomic E-state index is 5.17. The molecule has 0 aliphatic rings. The minimum atomic E-state index is 0.607. The normalized spacial score (nSPS) is 11.6. The highest BCUT2D eigenvalue weighted by Gasteiger charge is 2.09. The summed E-state index contributed by atoms with van der Waals surface area (Å²) in [6.07, 6.45) is 5.37. The molecule has 8 nitrogen and oxygen atoms in total. The van der Waals surface area contributed by atoms with Crippen molar-refractivity contribution in [3.05, 3.63) is 59.4 Å². The number of aliphatic imine (C=N–C) groups is 1. The molecule has 0 aliphatic carbocycles. The summed E-state index contributed by atoms with van der Waals surface area (Å²) in [5.74, 6) is 2.30. The van der Waals surface area contributed by atoms with E-state index in [0.717, 1.165) is 28.4 Å². The predicted molar refractivity (Wildman–Crippen MR) is 94.4 cm³/mol. The van der Waals surface area contributed by atoms with E-state index in [9.17, 15) is 0 Å². The number of rotatable bonds is 5. The summed E-state index contributed by atoms with van der Waals surface area (Å²) < 4.78 is 6.90. The molecular weight excluding hydrogens is 318 g/mol. The molecule has 0 aliphatic heterocycles. The Hall–Kier alpha value is -3.16. The molecule has 0 spiro atoms. The minimum absolute atomic E-state index is 0.607. The number of aryl methyl sites for hydroxylation is 2. The molecule has 8 heteroatoms. The molecule has 3 rings (SSSR count). The zero-order chi connectivity index (χ0) is 17.6. The van der Waals surface area contributed by atoms with Crippen molar-refractivity contribution in [2.45, 2.75) is 26.9 Å². The quantitative estimate of drug-likeness (QED) is 0.543. The molecule has 0 saturated carbocycles. The van der Waals surface area contributed by atoms with Crippen molar-refractivity contribution in [3.63, 3.8) is 0 Å². The fourth-order valence-corrected chi connectivity index (χ4v) is 2.43. The first-order valence-corrected chi connectivity index (χ1v) is 7.98. The Labute approximate surface area is 146 Å². The van der Waals surface area contributed by atoms with Crippen LogP contribution in [0.1, 0.15) is 22.6 Å². The van der Waals surface area contributed by atoms with Crippen molar-refractivity contribution in [1.29, 1.82) is 0 Å². The molecule has 25 heavy (non-hydrogen) atoms. The molecular formula is C17H21N7O. The van der Waals surface area contributed by atoms with Crippen LogP contribution in [0.15, 0.2) is 46.3 Å². The van der Waals surface area contributed by atoms with Crippen LogP contribution in [0.3, 0.4) is 0 Å². The highest BCUT2D eigenvalue weighted by molar-refractivity contribution is 5.79. The van der Waals surface area contributed by atoms with Gasteiger partial charge in [0.2, 0.25) is 0 Å². The Bertz CT molecular complexity index is 832. The standard InChI is InChI=1S/C17H21N7O/c1-12-15(13(2)25-23-12)11-21-17(18-3)20-10-14-5-7-19-16(9-14)24-8-4-6-22-24/h4-9H,10-11H2,1-3H3,(H2,18,20,21). The van der Waals surface area contributed by atoms with E-state index in [0.29, 0.717) is 19.0 Å². The Morgan fingerprint density at radius 3 is 2.76 bits per heavy atom. The number of hydrogen-bond donors (Lipinski definition) is 2. The molecule has 2 N–H and O–H groups in total. The van der Waals surface area contributed by atoms with Crippen LogP contribution in [0.5, 0.6) is 0 Å². The number of pyridine rings is 1.